The second kappa shape index (κ2) is 7.46. The highest BCUT2D eigenvalue weighted by atomic mass is 16.4. The van der Waals surface area contributed by atoms with Gasteiger partial charge in [-0.05, 0) is 66.3 Å². The first kappa shape index (κ1) is 20.5. The minimum Gasteiger partial charge on any atom is -0.481 e. The molecule has 30 heavy (non-hydrogen) atoms. The maximum absolute atomic E-state index is 13.4. The summed E-state index contributed by atoms with van der Waals surface area (Å²) in [6.07, 6.45) is 2.79. The summed E-state index contributed by atoms with van der Waals surface area (Å²) < 4.78 is 0. The highest BCUT2D eigenvalue weighted by Gasteiger charge is 2.38. The van der Waals surface area contributed by atoms with E-state index in [0.717, 1.165) is 53.9 Å². The van der Waals surface area contributed by atoms with E-state index in [9.17, 15) is 9.59 Å². The van der Waals surface area contributed by atoms with Crippen LogP contribution in [0.15, 0.2) is 30.3 Å². The summed E-state index contributed by atoms with van der Waals surface area (Å²) in [6.45, 7) is 6.05. The number of carboxylic acid groups (broad SMARTS) is 1. The summed E-state index contributed by atoms with van der Waals surface area (Å²) in [7, 11) is 4.03. The van der Waals surface area contributed by atoms with Crippen LogP contribution in [0.5, 0.6) is 0 Å². The van der Waals surface area contributed by atoms with Crippen molar-refractivity contribution >= 4 is 23.1 Å². The molecule has 2 aromatic rings. The van der Waals surface area contributed by atoms with Crippen LogP contribution < -0.4 is 9.80 Å². The molecule has 5 nitrogen and oxygen atoms in total. The van der Waals surface area contributed by atoms with Crippen LogP contribution in [0.3, 0.4) is 0 Å². The van der Waals surface area contributed by atoms with Gasteiger partial charge in [-0.25, -0.2) is 0 Å². The number of hydrogen-bond acceptors (Lipinski definition) is 4. The van der Waals surface area contributed by atoms with Gasteiger partial charge in [0.05, 0.1) is 0 Å². The fourth-order valence-electron chi connectivity index (χ4n) is 4.88. The molecular formula is C25H30N2O3. The first-order chi connectivity index (χ1) is 14.2. The van der Waals surface area contributed by atoms with Gasteiger partial charge in [-0.3, -0.25) is 9.59 Å². The SMILES string of the molecule is CN(C)c1ccc2c(c1)C(C)(C)c1cc3c(cc1C2=O)CCCN3CCCC(=O)O. The van der Waals surface area contributed by atoms with E-state index in [2.05, 4.69) is 41.8 Å². The van der Waals surface area contributed by atoms with Gasteiger partial charge in [0.2, 0.25) is 0 Å². The average molecular weight is 407 g/mol. The molecule has 5 heteroatoms. The van der Waals surface area contributed by atoms with E-state index in [4.69, 9.17) is 5.11 Å². The molecule has 1 aliphatic carbocycles. The van der Waals surface area contributed by atoms with Crippen molar-refractivity contribution in [1.82, 2.24) is 0 Å². The lowest BCUT2D eigenvalue weighted by molar-refractivity contribution is -0.137. The van der Waals surface area contributed by atoms with Crippen molar-refractivity contribution in [2.24, 2.45) is 0 Å². The van der Waals surface area contributed by atoms with E-state index in [1.54, 1.807) is 0 Å². The smallest absolute Gasteiger partial charge is 0.303 e. The molecule has 158 valence electrons. The molecule has 1 heterocycles. The second-order valence-corrected chi connectivity index (χ2v) is 9.19. The third kappa shape index (κ3) is 3.36. The molecule has 0 spiro atoms. The third-order valence-electron chi connectivity index (χ3n) is 6.61. The first-order valence-corrected chi connectivity index (χ1v) is 10.7. The Morgan fingerprint density at radius 1 is 1.13 bits per heavy atom. The predicted octanol–water partition coefficient (Wildman–Crippen LogP) is 4.24. The average Bonchev–Trinajstić information content (AvgIpc) is 2.71. The quantitative estimate of drug-likeness (QED) is 0.805. The molecule has 0 bridgehead atoms. The number of aryl methyl sites for hydroxylation is 1. The Kier molecular flexibility index (Phi) is 5.08. The number of benzene rings is 2. The minimum absolute atomic E-state index is 0.107. The second-order valence-electron chi connectivity index (χ2n) is 9.19. The van der Waals surface area contributed by atoms with Crippen molar-refractivity contribution in [2.75, 3.05) is 37.0 Å². The number of rotatable bonds is 5. The Morgan fingerprint density at radius 2 is 1.87 bits per heavy atom. The maximum Gasteiger partial charge on any atom is 0.303 e. The Hall–Kier alpha value is -2.82. The van der Waals surface area contributed by atoms with Crippen LogP contribution in [-0.2, 0) is 16.6 Å². The summed E-state index contributed by atoms with van der Waals surface area (Å²) in [6, 6.07) is 10.4. The predicted molar refractivity (Wildman–Crippen MR) is 120 cm³/mol. The van der Waals surface area contributed by atoms with Gasteiger partial charge in [0.1, 0.15) is 0 Å². The molecule has 0 saturated heterocycles. The van der Waals surface area contributed by atoms with E-state index in [1.165, 1.54) is 11.3 Å². The summed E-state index contributed by atoms with van der Waals surface area (Å²) in [4.78, 5) is 28.7. The summed E-state index contributed by atoms with van der Waals surface area (Å²) in [5, 5.41) is 8.99. The largest absolute Gasteiger partial charge is 0.481 e. The van der Waals surface area contributed by atoms with E-state index in [-0.39, 0.29) is 17.6 Å². The fraction of sp³-hybridized carbons (Fsp3) is 0.440. The molecule has 2 aromatic carbocycles. The van der Waals surface area contributed by atoms with Crippen LogP contribution >= 0.6 is 0 Å². The Bertz CT molecular complexity index is 1020. The van der Waals surface area contributed by atoms with Crippen molar-refractivity contribution < 1.29 is 14.7 Å². The summed E-state index contributed by atoms with van der Waals surface area (Å²) in [5.74, 6) is -0.645. The number of aliphatic carboxylic acids is 1. The molecule has 0 fully saturated rings. The zero-order valence-corrected chi connectivity index (χ0v) is 18.3. The summed E-state index contributed by atoms with van der Waals surface area (Å²) in [5.41, 5.74) is 6.92. The van der Waals surface area contributed by atoms with Crippen molar-refractivity contribution in [2.45, 2.75) is 44.9 Å². The number of ketones is 1. The standard InChI is InChI=1S/C25H30N2O3/c1-25(2)20-14-17(26(3)4)9-10-18(20)24(30)19-13-16-7-5-11-27(12-6-8-23(28)29)22(16)15-21(19)25/h9-10,13-15H,5-8,11-12H2,1-4H3,(H,28,29). The Balaban J connectivity index is 1.78. The molecule has 1 aliphatic heterocycles. The molecule has 2 aliphatic rings. The molecule has 0 atom stereocenters. The van der Waals surface area contributed by atoms with E-state index in [0.29, 0.717) is 6.42 Å². The van der Waals surface area contributed by atoms with Crippen molar-refractivity contribution in [3.05, 3.63) is 58.1 Å². The maximum atomic E-state index is 13.4. The van der Waals surface area contributed by atoms with Crippen LogP contribution in [-0.4, -0.2) is 44.0 Å². The van der Waals surface area contributed by atoms with Crippen molar-refractivity contribution in [3.8, 4) is 0 Å². The molecule has 1 N–H and O–H groups in total. The van der Waals surface area contributed by atoms with Crippen molar-refractivity contribution in [3.63, 3.8) is 0 Å². The number of nitrogens with zero attached hydrogens (tertiary/aromatic N) is 2. The molecule has 0 radical (unpaired) electrons. The lowest BCUT2D eigenvalue weighted by Crippen LogP contribution is -2.34. The van der Waals surface area contributed by atoms with Crippen molar-refractivity contribution in [1.29, 1.82) is 0 Å². The lowest BCUT2D eigenvalue weighted by Gasteiger charge is -2.38. The zero-order valence-electron chi connectivity index (χ0n) is 18.3. The highest BCUT2D eigenvalue weighted by molar-refractivity contribution is 6.13. The number of fused-ring (bicyclic) bond motifs is 3. The molecule has 4 rings (SSSR count). The van der Waals surface area contributed by atoms with Gasteiger partial charge in [0.15, 0.2) is 5.78 Å². The normalized spacial score (nSPS) is 16.5. The van der Waals surface area contributed by atoms with Gasteiger partial charge in [-0.2, -0.15) is 0 Å². The van der Waals surface area contributed by atoms with Gasteiger partial charge >= 0.3 is 5.97 Å². The van der Waals surface area contributed by atoms with Crippen LogP contribution in [0.1, 0.15) is 65.7 Å². The van der Waals surface area contributed by atoms with E-state index >= 15 is 0 Å². The third-order valence-corrected chi connectivity index (χ3v) is 6.61. The lowest BCUT2D eigenvalue weighted by atomic mass is 9.67. The fourth-order valence-corrected chi connectivity index (χ4v) is 4.88. The molecule has 0 amide bonds. The number of carbonyl (C=O) groups excluding carboxylic acids is 1. The number of carboxylic acids is 1. The highest BCUT2D eigenvalue weighted by Crippen LogP contribution is 2.45. The van der Waals surface area contributed by atoms with Gasteiger partial charge in [0.25, 0.3) is 0 Å². The van der Waals surface area contributed by atoms with Crippen LogP contribution in [0, 0.1) is 0 Å². The van der Waals surface area contributed by atoms with E-state index < -0.39 is 5.97 Å². The number of carbonyl (C=O) groups is 2. The van der Waals surface area contributed by atoms with Gasteiger partial charge in [0, 0.05) is 61.5 Å². The van der Waals surface area contributed by atoms with Crippen LogP contribution in [0.25, 0.3) is 0 Å². The monoisotopic (exact) mass is 406 g/mol. The minimum atomic E-state index is -0.752. The van der Waals surface area contributed by atoms with E-state index in [1.807, 2.05) is 26.2 Å². The first-order valence-electron chi connectivity index (χ1n) is 10.7. The van der Waals surface area contributed by atoms with Gasteiger partial charge < -0.3 is 14.9 Å². The number of hydrogen-bond donors (Lipinski definition) is 1. The Labute approximate surface area is 178 Å². The summed E-state index contributed by atoms with van der Waals surface area (Å²) >= 11 is 0. The Morgan fingerprint density at radius 3 is 2.57 bits per heavy atom. The number of anilines is 2. The molecule has 0 saturated carbocycles. The zero-order chi connectivity index (χ0) is 21.6. The van der Waals surface area contributed by atoms with Crippen LogP contribution in [0.2, 0.25) is 0 Å². The van der Waals surface area contributed by atoms with Gasteiger partial charge in [-0.1, -0.05) is 13.8 Å². The molecular weight excluding hydrogens is 376 g/mol. The van der Waals surface area contributed by atoms with Gasteiger partial charge in [-0.15, -0.1) is 0 Å². The van der Waals surface area contributed by atoms with Crippen LogP contribution in [0.4, 0.5) is 11.4 Å². The molecule has 0 aromatic heterocycles. The molecule has 0 unspecified atom stereocenters. The topological polar surface area (TPSA) is 60.9 Å².